The molecule has 0 rings (SSSR count). The van der Waals surface area contributed by atoms with Gasteiger partial charge in [0.05, 0.1) is 6.10 Å². The van der Waals surface area contributed by atoms with E-state index in [9.17, 15) is 19.8 Å². The van der Waals surface area contributed by atoms with Crippen molar-refractivity contribution in [3.05, 3.63) is 36.5 Å². The van der Waals surface area contributed by atoms with Gasteiger partial charge in [-0.15, -0.1) is 0 Å². The van der Waals surface area contributed by atoms with Gasteiger partial charge in [0.25, 0.3) is 0 Å². The van der Waals surface area contributed by atoms with Crippen LogP contribution in [0.5, 0.6) is 0 Å². The van der Waals surface area contributed by atoms with Crippen LogP contribution in [0.25, 0.3) is 0 Å². The largest absolute Gasteiger partial charge is 0.463 e. The van der Waals surface area contributed by atoms with Crippen LogP contribution in [0.3, 0.4) is 0 Å². The summed E-state index contributed by atoms with van der Waals surface area (Å²) in [6.07, 6.45) is 21.3. The maximum Gasteiger partial charge on any atom is 0.305 e. The Hall–Kier alpha value is -1.92. The van der Waals surface area contributed by atoms with Crippen LogP contribution in [0, 0.1) is 0 Å². The van der Waals surface area contributed by atoms with Gasteiger partial charge in [-0.1, -0.05) is 75.5 Å². The SMILES string of the molecule is CCCCCCCC/C=C/C/C=C/C=C/C(O)CCCC(=O)OC[C@H](O)COC(C)=O. The molecule has 1 unspecified atom stereocenters. The van der Waals surface area contributed by atoms with E-state index >= 15 is 0 Å². The molecule has 6 heteroatoms. The third-order valence-corrected chi connectivity index (χ3v) is 4.54. The molecule has 0 aromatic rings. The number of carbonyl (C=O) groups is 2. The molecule has 2 atom stereocenters. The number of aliphatic hydroxyl groups excluding tert-OH is 2. The van der Waals surface area contributed by atoms with Crippen LogP contribution >= 0.6 is 0 Å². The van der Waals surface area contributed by atoms with Gasteiger partial charge >= 0.3 is 11.9 Å². The zero-order chi connectivity index (χ0) is 23.2. The lowest BCUT2D eigenvalue weighted by molar-refractivity contribution is -0.151. The van der Waals surface area contributed by atoms with Crippen molar-refractivity contribution in [2.45, 2.75) is 96.7 Å². The lowest BCUT2D eigenvalue weighted by Gasteiger charge is -2.11. The normalized spacial score (nSPS) is 13.8. The van der Waals surface area contributed by atoms with E-state index in [2.05, 4.69) is 23.8 Å². The molecular formula is C25H42O6. The van der Waals surface area contributed by atoms with Crippen LogP contribution in [0.2, 0.25) is 0 Å². The zero-order valence-corrected chi connectivity index (χ0v) is 19.3. The fraction of sp³-hybridized carbons (Fsp3) is 0.680. The zero-order valence-electron chi connectivity index (χ0n) is 19.3. The Labute approximate surface area is 188 Å². The van der Waals surface area contributed by atoms with Gasteiger partial charge in [0, 0.05) is 13.3 Å². The number of carbonyl (C=O) groups excluding carboxylic acids is 2. The van der Waals surface area contributed by atoms with Gasteiger partial charge in [0.15, 0.2) is 0 Å². The topological polar surface area (TPSA) is 93.1 Å². The van der Waals surface area contributed by atoms with Crippen molar-refractivity contribution in [2.75, 3.05) is 13.2 Å². The number of aliphatic hydroxyl groups is 2. The second-order valence-electron chi connectivity index (χ2n) is 7.68. The van der Waals surface area contributed by atoms with E-state index < -0.39 is 24.1 Å². The second-order valence-corrected chi connectivity index (χ2v) is 7.68. The Morgan fingerprint density at radius 2 is 1.58 bits per heavy atom. The Bertz CT molecular complexity index is 538. The summed E-state index contributed by atoms with van der Waals surface area (Å²) < 4.78 is 9.52. The first-order valence-corrected chi connectivity index (χ1v) is 11.6. The summed E-state index contributed by atoms with van der Waals surface area (Å²) in [6.45, 7) is 3.06. The minimum absolute atomic E-state index is 0.157. The molecule has 0 aliphatic carbocycles. The van der Waals surface area contributed by atoms with Crippen molar-refractivity contribution in [2.24, 2.45) is 0 Å². The Kier molecular flexibility index (Phi) is 20.0. The molecule has 0 spiro atoms. The van der Waals surface area contributed by atoms with E-state index in [4.69, 9.17) is 4.74 Å². The molecule has 2 N–H and O–H groups in total. The monoisotopic (exact) mass is 438 g/mol. The standard InChI is InChI=1S/C25H42O6/c1-3-4-5-6-7-8-9-10-11-12-13-14-15-17-23(27)18-16-19-25(29)31-21-24(28)20-30-22(2)26/h10-11,13-15,17,23-24,27-28H,3-9,12,16,18-21H2,1-2H3/b11-10+,14-13+,17-15+/t23?,24-/m1/s1. The first-order chi connectivity index (χ1) is 15.0. The molecule has 178 valence electrons. The molecule has 0 amide bonds. The summed E-state index contributed by atoms with van der Waals surface area (Å²) in [5.74, 6) is -0.951. The third-order valence-electron chi connectivity index (χ3n) is 4.54. The second kappa shape index (κ2) is 21.3. The van der Waals surface area contributed by atoms with Crippen molar-refractivity contribution in [3.63, 3.8) is 0 Å². The molecule has 0 bridgehead atoms. The van der Waals surface area contributed by atoms with E-state index in [1.807, 2.05) is 18.2 Å². The molecule has 0 radical (unpaired) electrons. The highest BCUT2D eigenvalue weighted by molar-refractivity contribution is 5.69. The molecule has 0 aliphatic rings. The Balaban J connectivity index is 3.67. The van der Waals surface area contributed by atoms with Crippen molar-refractivity contribution in [3.8, 4) is 0 Å². The highest BCUT2D eigenvalue weighted by atomic mass is 16.6. The number of allylic oxidation sites excluding steroid dienone is 5. The van der Waals surface area contributed by atoms with Gasteiger partial charge in [-0.2, -0.15) is 0 Å². The molecule has 6 nitrogen and oxygen atoms in total. The highest BCUT2D eigenvalue weighted by Crippen LogP contribution is 2.07. The summed E-state index contributed by atoms with van der Waals surface area (Å²) in [7, 11) is 0. The van der Waals surface area contributed by atoms with Gasteiger partial charge in [-0.05, 0) is 32.1 Å². The van der Waals surface area contributed by atoms with Gasteiger partial charge in [-0.25, -0.2) is 0 Å². The number of esters is 2. The van der Waals surface area contributed by atoms with Crippen molar-refractivity contribution < 1.29 is 29.3 Å². The van der Waals surface area contributed by atoms with Crippen LogP contribution in [0.1, 0.15) is 84.5 Å². The van der Waals surface area contributed by atoms with E-state index in [1.165, 1.54) is 45.4 Å². The number of hydrogen-bond donors (Lipinski definition) is 2. The lowest BCUT2D eigenvalue weighted by atomic mass is 10.1. The summed E-state index contributed by atoms with van der Waals surface area (Å²) in [6, 6.07) is 0. The average molecular weight is 439 g/mol. The van der Waals surface area contributed by atoms with Gasteiger partial charge < -0.3 is 19.7 Å². The Morgan fingerprint density at radius 1 is 0.871 bits per heavy atom. The van der Waals surface area contributed by atoms with Crippen LogP contribution in [0.4, 0.5) is 0 Å². The summed E-state index contributed by atoms with van der Waals surface area (Å²) in [4.78, 5) is 22.2. The predicted octanol–water partition coefficient (Wildman–Crippen LogP) is 4.79. The smallest absolute Gasteiger partial charge is 0.305 e. The fourth-order valence-corrected chi connectivity index (χ4v) is 2.76. The number of hydrogen-bond acceptors (Lipinski definition) is 6. The number of unbranched alkanes of at least 4 members (excludes halogenated alkanes) is 6. The minimum Gasteiger partial charge on any atom is -0.463 e. The molecular weight excluding hydrogens is 396 g/mol. The summed E-state index contributed by atoms with van der Waals surface area (Å²) >= 11 is 0. The van der Waals surface area contributed by atoms with Gasteiger partial charge in [-0.3, -0.25) is 9.59 Å². The van der Waals surface area contributed by atoms with Crippen LogP contribution in [-0.2, 0) is 19.1 Å². The Morgan fingerprint density at radius 3 is 2.32 bits per heavy atom. The van der Waals surface area contributed by atoms with E-state index in [1.54, 1.807) is 6.08 Å². The van der Waals surface area contributed by atoms with Crippen molar-refractivity contribution in [1.82, 2.24) is 0 Å². The van der Waals surface area contributed by atoms with Crippen molar-refractivity contribution in [1.29, 1.82) is 0 Å². The van der Waals surface area contributed by atoms with Crippen LogP contribution < -0.4 is 0 Å². The summed E-state index contributed by atoms with van der Waals surface area (Å²) in [5, 5.41) is 19.4. The van der Waals surface area contributed by atoms with Crippen LogP contribution in [0.15, 0.2) is 36.5 Å². The van der Waals surface area contributed by atoms with Crippen LogP contribution in [-0.4, -0.2) is 47.6 Å². The molecule has 0 saturated carbocycles. The number of ether oxygens (including phenoxy) is 2. The predicted molar refractivity (Wildman–Crippen MR) is 123 cm³/mol. The molecule has 0 aromatic carbocycles. The van der Waals surface area contributed by atoms with E-state index in [0.29, 0.717) is 12.8 Å². The molecule has 0 fully saturated rings. The van der Waals surface area contributed by atoms with E-state index in [-0.39, 0.29) is 19.6 Å². The minimum atomic E-state index is -1.03. The summed E-state index contributed by atoms with van der Waals surface area (Å²) in [5.41, 5.74) is 0. The molecule has 0 heterocycles. The molecule has 31 heavy (non-hydrogen) atoms. The first kappa shape index (κ1) is 29.1. The third kappa shape index (κ3) is 22.6. The molecule has 0 aliphatic heterocycles. The maximum atomic E-state index is 11.6. The average Bonchev–Trinajstić information content (AvgIpc) is 2.74. The van der Waals surface area contributed by atoms with E-state index in [0.717, 1.165) is 12.8 Å². The first-order valence-electron chi connectivity index (χ1n) is 11.6. The quantitative estimate of drug-likeness (QED) is 0.130. The highest BCUT2D eigenvalue weighted by Gasteiger charge is 2.11. The van der Waals surface area contributed by atoms with Gasteiger partial charge in [0.2, 0.25) is 0 Å². The number of rotatable bonds is 19. The van der Waals surface area contributed by atoms with Crippen molar-refractivity contribution >= 4 is 11.9 Å². The fourth-order valence-electron chi connectivity index (χ4n) is 2.76. The maximum absolute atomic E-state index is 11.6. The van der Waals surface area contributed by atoms with Gasteiger partial charge in [0.1, 0.15) is 19.3 Å². The molecule has 0 saturated heterocycles. The molecule has 0 aromatic heterocycles. The lowest BCUT2D eigenvalue weighted by Crippen LogP contribution is -2.24.